The van der Waals surface area contributed by atoms with E-state index in [4.69, 9.17) is 9.72 Å². The maximum absolute atomic E-state index is 13.1. The molecule has 0 unspecified atom stereocenters. The van der Waals surface area contributed by atoms with Crippen LogP contribution in [0, 0.1) is 6.92 Å². The number of carbonyl (C=O) groups excluding carboxylic acids is 1. The lowest BCUT2D eigenvalue weighted by Gasteiger charge is -2.14. The molecule has 192 valence electrons. The highest BCUT2D eigenvalue weighted by Gasteiger charge is 2.30. The number of fused-ring (bicyclic) bond motifs is 1. The third-order valence-corrected chi connectivity index (χ3v) is 7.07. The Hall–Kier alpha value is -4.18. The molecule has 1 aromatic carbocycles. The van der Waals surface area contributed by atoms with Crippen molar-refractivity contribution in [2.45, 2.75) is 44.9 Å². The molecule has 0 spiro atoms. The Morgan fingerprint density at radius 3 is 2.76 bits per heavy atom. The maximum atomic E-state index is 13.1. The number of nitrogens with zero attached hydrogens (tertiary/aromatic N) is 4. The van der Waals surface area contributed by atoms with Crippen LogP contribution in [0.15, 0.2) is 53.5 Å². The highest BCUT2D eigenvalue weighted by atomic mass is 16.5. The fraction of sp³-hybridized carbons (Fsp3) is 0.333. The van der Waals surface area contributed by atoms with Crippen LogP contribution in [0.25, 0.3) is 22.3 Å². The number of methoxy groups -OCH3 is 1. The zero-order valence-electron chi connectivity index (χ0n) is 21.1. The predicted octanol–water partition coefficient (Wildman–Crippen LogP) is 3.79. The fourth-order valence-electron chi connectivity index (χ4n) is 5.06. The third-order valence-electron chi connectivity index (χ3n) is 7.07. The minimum Gasteiger partial charge on any atom is -0.453 e. The van der Waals surface area contributed by atoms with Gasteiger partial charge in [0.2, 0.25) is 0 Å². The van der Waals surface area contributed by atoms with Crippen molar-refractivity contribution in [3.05, 3.63) is 70.3 Å². The van der Waals surface area contributed by atoms with E-state index < -0.39 is 6.09 Å². The average Bonchev–Trinajstić information content (AvgIpc) is 3.45. The van der Waals surface area contributed by atoms with Crippen molar-refractivity contribution in [3.8, 4) is 11.3 Å². The summed E-state index contributed by atoms with van der Waals surface area (Å²) in [6.07, 6.45) is 3.43. The van der Waals surface area contributed by atoms with Crippen LogP contribution in [-0.4, -0.2) is 43.5 Å². The molecule has 3 heterocycles. The number of pyridine rings is 2. The van der Waals surface area contributed by atoms with Gasteiger partial charge in [0.25, 0.3) is 0 Å². The quantitative estimate of drug-likeness (QED) is 0.367. The standard InChI is InChI=1S/C27H30N6O4/c1-16-11-17(7-8-18(16)15-34)21-5-4-6-24(30-21)31-25-13-22-23(14-28-25)32(2)27(36)33(22)20-10-9-19(12-20)29-26(35)37-3/h4-8,11,13-14,19-20,34H,9-10,12,15H2,1-3H3,(H,29,35)(H,28,30,31)/t19-,20-/m1/s1. The molecule has 0 bridgehead atoms. The van der Waals surface area contributed by atoms with Crippen molar-refractivity contribution in [3.63, 3.8) is 0 Å². The van der Waals surface area contributed by atoms with Gasteiger partial charge in [-0.2, -0.15) is 0 Å². The van der Waals surface area contributed by atoms with E-state index in [1.807, 2.05) is 49.4 Å². The molecule has 0 aliphatic heterocycles. The number of carbonyl (C=O) groups is 1. The molecule has 1 amide bonds. The number of amides is 1. The lowest BCUT2D eigenvalue weighted by atomic mass is 10.0. The van der Waals surface area contributed by atoms with Gasteiger partial charge >= 0.3 is 11.8 Å². The smallest absolute Gasteiger partial charge is 0.407 e. The number of hydrogen-bond donors (Lipinski definition) is 3. The molecule has 10 heteroatoms. The van der Waals surface area contributed by atoms with Crippen LogP contribution in [0.5, 0.6) is 0 Å². The molecule has 37 heavy (non-hydrogen) atoms. The van der Waals surface area contributed by atoms with Gasteiger partial charge in [-0.05, 0) is 55.5 Å². The predicted molar refractivity (Wildman–Crippen MR) is 141 cm³/mol. The van der Waals surface area contributed by atoms with E-state index in [1.165, 1.54) is 7.11 Å². The summed E-state index contributed by atoms with van der Waals surface area (Å²) in [5, 5.41) is 15.6. The van der Waals surface area contributed by atoms with E-state index in [-0.39, 0.29) is 24.4 Å². The Morgan fingerprint density at radius 2 is 2.00 bits per heavy atom. The largest absolute Gasteiger partial charge is 0.453 e. The van der Waals surface area contributed by atoms with E-state index >= 15 is 0 Å². The van der Waals surface area contributed by atoms with Gasteiger partial charge in [0, 0.05) is 30.8 Å². The van der Waals surface area contributed by atoms with Crippen molar-refractivity contribution in [2.24, 2.45) is 7.05 Å². The highest BCUT2D eigenvalue weighted by molar-refractivity contribution is 5.79. The molecule has 1 saturated carbocycles. The molecule has 3 N–H and O–H groups in total. The van der Waals surface area contributed by atoms with Gasteiger partial charge in [-0.1, -0.05) is 18.2 Å². The summed E-state index contributed by atoms with van der Waals surface area (Å²) < 4.78 is 8.12. The van der Waals surface area contributed by atoms with Gasteiger partial charge < -0.3 is 20.5 Å². The van der Waals surface area contributed by atoms with E-state index in [0.717, 1.165) is 46.3 Å². The van der Waals surface area contributed by atoms with Crippen LogP contribution in [0.2, 0.25) is 0 Å². The highest BCUT2D eigenvalue weighted by Crippen LogP contribution is 2.32. The van der Waals surface area contributed by atoms with E-state index in [1.54, 1.807) is 22.4 Å². The van der Waals surface area contributed by atoms with Crippen molar-refractivity contribution in [2.75, 3.05) is 12.4 Å². The number of rotatable bonds is 6. The Bertz CT molecular complexity index is 1530. The number of alkyl carbamates (subject to hydrolysis) is 1. The zero-order chi connectivity index (χ0) is 26.1. The first-order valence-electron chi connectivity index (χ1n) is 12.2. The number of imidazole rings is 1. The summed E-state index contributed by atoms with van der Waals surface area (Å²) in [4.78, 5) is 34.0. The van der Waals surface area contributed by atoms with Gasteiger partial charge in [0.15, 0.2) is 0 Å². The second-order valence-corrected chi connectivity index (χ2v) is 9.40. The molecule has 1 aliphatic rings. The summed E-state index contributed by atoms with van der Waals surface area (Å²) in [7, 11) is 3.08. The van der Waals surface area contributed by atoms with Gasteiger partial charge in [0.05, 0.1) is 36.6 Å². The molecule has 0 saturated heterocycles. The van der Waals surface area contributed by atoms with Gasteiger partial charge in [-0.3, -0.25) is 9.13 Å². The molecule has 0 radical (unpaired) electrons. The lowest BCUT2D eigenvalue weighted by Crippen LogP contribution is -2.33. The number of aliphatic hydroxyl groups excluding tert-OH is 1. The summed E-state index contributed by atoms with van der Waals surface area (Å²) in [5.74, 6) is 1.20. The molecule has 3 aromatic heterocycles. The number of ether oxygens (including phenoxy) is 1. The Balaban J connectivity index is 1.43. The minimum absolute atomic E-state index is 0.00312. The Kier molecular flexibility index (Phi) is 6.66. The van der Waals surface area contributed by atoms with E-state index in [2.05, 4.69) is 15.6 Å². The number of aliphatic hydroxyl groups is 1. The molecule has 10 nitrogen and oxygen atoms in total. The summed E-state index contributed by atoms with van der Waals surface area (Å²) in [5.41, 5.74) is 5.05. The van der Waals surface area contributed by atoms with Gasteiger partial charge in [-0.25, -0.2) is 19.6 Å². The molecule has 1 aliphatic carbocycles. The minimum atomic E-state index is -0.458. The van der Waals surface area contributed by atoms with Crippen LogP contribution in [-0.2, 0) is 18.4 Å². The second-order valence-electron chi connectivity index (χ2n) is 9.40. The number of hydrogen-bond acceptors (Lipinski definition) is 7. The van der Waals surface area contributed by atoms with Gasteiger partial charge in [-0.15, -0.1) is 0 Å². The van der Waals surface area contributed by atoms with Crippen LogP contribution in [0.4, 0.5) is 16.4 Å². The van der Waals surface area contributed by atoms with E-state index in [9.17, 15) is 14.7 Å². The molecule has 1 fully saturated rings. The van der Waals surface area contributed by atoms with Crippen molar-refractivity contribution in [1.29, 1.82) is 0 Å². The van der Waals surface area contributed by atoms with Gasteiger partial charge in [0.1, 0.15) is 11.6 Å². The maximum Gasteiger partial charge on any atom is 0.407 e. The Morgan fingerprint density at radius 1 is 1.16 bits per heavy atom. The number of anilines is 2. The number of nitrogens with one attached hydrogen (secondary N) is 2. The summed E-state index contributed by atoms with van der Waals surface area (Å²) in [6, 6.07) is 13.4. The molecular formula is C27H30N6O4. The van der Waals surface area contributed by atoms with E-state index in [0.29, 0.717) is 18.1 Å². The summed E-state index contributed by atoms with van der Waals surface area (Å²) in [6.45, 7) is 1.97. The first kappa shape index (κ1) is 24.5. The average molecular weight is 503 g/mol. The van der Waals surface area contributed by atoms with Crippen LogP contribution >= 0.6 is 0 Å². The van der Waals surface area contributed by atoms with Crippen molar-refractivity contribution < 1.29 is 14.6 Å². The normalized spacial score (nSPS) is 17.2. The van der Waals surface area contributed by atoms with Crippen LogP contribution in [0.1, 0.15) is 36.4 Å². The van der Waals surface area contributed by atoms with Crippen molar-refractivity contribution >= 4 is 28.8 Å². The van der Waals surface area contributed by atoms with Crippen molar-refractivity contribution in [1.82, 2.24) is 24.4 Å². The molecular weight excluding hydrogens is 472 g/mol. The summed E-state index contributed by atoms with van der Waals surface area (Å²) >= 11 is 0. The topological polar surface area (TPSA) is 123 Å². The SMILES string of the molecule is COC(=O)N[C@@H]1CC[C@@H](n2c(=O)n(C)c3cnc(Nc4cccc(-c5ccc(CO)c(C)c5)n4)cc32)C1. The Labute approximate surface area is 213 Å². The number of benzene rings is 1. The molecule has 4 aromatic rings. The van der Waals surface area contributed by atoms with Crippen LogP contribution < -0.4 is 16.3 Å². The first-order valence-corrected chi connectivity index (χ1v) is 12.2. The number of aromatic nitrogens is 4. The third kappa shape index (κ3) is 4.79. The van der Waals surface area contributed by atoms with Crippen LogP contribution in [0.3, 0.4) is 0 Å². The monoisotopic (exact) mass is 502 g/mol. The zero-order valence-corrected chi connectivity index (χ0v) is 21.1. The number of aryl methyl sites for hydroxylation is 2. The molecule has 5 rings (SSSR count). The lowest BCUT2D eigenvalue weighted by molar-refractivity contribution is 0.166. The second kappa shape index (κ2) is 10.1. The fourth-order valence-corrected chi connectivity index (χ4v) is 5.06. The first-order chi connectivity index (χ1) is 17.9. The molecule has 2 atom stereocenters.